The standard InChI is InChI=1S/C25H31F3N2O/c1-23(2)14-20(15-24(3,4)30-23)29-22(31)19-12-10-18(11-13-19)21(16-25(26,27)28)17-8-6-5-7-9-17/h5-13,20-21,30H,14-16H2,1-4H3,(H,29,31)/t21-/m0/s1. The van der Waals surface area contributed by atoms with Crippen molar-refractivity contribution < 1.29 is 18.0 Å². The van der Waals surface area contributed by atoms with Gasteiger partial charge in [0.15, 0.2) is 0 Å². The van der Waals surface area contributed by atoms with E-state index >= 15 is 0 Å². The quantitative estimate of drug-likeness (QED) is 0.626. The molecule has 1 aliphatic rings. The van der Waals surface area contributed by atoms with Crippen molar-refractivity contribution in [2.75, 3.05) is 0 Å². The Morgan fingerprint density at radius 2 is 1.48 bits per heavy atom. The van der Waals surface area contributed by atoms with Crippen LogP contribution in [0, 0.1) is 0 Å². The second-order valence-corrected chi connectivity index (χ2v) is 9.88. The molecule has 2 aromatic carbocycles. The zero-order chi connectivity index (χ0) is 22.9. The maximum Gasteiger partial charge on any atom is 0.390 e. The maximum absolute atomic E-state index is 13.2. The summed E-state index contributed by atoms with van der Waals surface area (Å²) in [6, 6.07) is 15.2. The number of piperidine rings is 1. The van der Waals surface area contributed by atoms with Crippen molar-refractivity contribution in [1.82, 2.24) is 10.6 Å². The molecule has 6 heteroatoms. The number of hydrogen-bond donors (Lipinski definition) is 2. The van der Waals surface area contributed by atoms with Gasteiger partial charge in [-0.25, -0.2) is 0 Å². The molecule has 1 saturated heterocycles. The SMILES string of the molecule is CC1(C)CC(NC(=O)c2ccc([C@@H](CC(F)(F)F)c3ccccc3)cc2)CC(C)(C)N1. The van der Waals surface area contributed by atoms with Crippen LogP contribution < -0.4 is 10.6 Å². The number of nitrogens with one attached hydrogen (secondary N) is 2. The van der Waals surface area contributed by atoms with Gasteiger partial charge in [0.05, 0.1) is 6.42 Å². The highest BCUT2D eigenvalue weighted by Crippen LogP contribution is 2.36. The maximum atomic E-state index is 13.2. The molecule has 1 fully saturated rings. The average molecular weight is 433 g/mol. The Bertz CT molecular complexity index is 873. The molecule has 0 saturated carbocycles. The Balaban J connectivity index is 1.75. The van der Waals surface area contributed by atoms with E-state index in [4.69, 9.17) is 0 Å². The Labute approximate surface area is 182 Å². The van der Waals surface area contributed by atoms with Crippen molar-refractivity contribution in [2.24, 2.45) is 0 Å². The number of alkyl halides is 3. The van der Waals surface area contributed by atoms with Crippen molar-refractivity contribution in [1.29, 1.82) is 0 Å². The van der Waals surface area contributed by atoms with E-state index < -0.39 is 18.5 Å². The third-order valence-electron chi connectivity index (χ3n) is 5.74. The van der Waals surface area contributed by atoms with Crippen LogP contribution in [0.1, 0.15) is 74.4 Å². The fraction of sp³-hybridized carbons (Fsp3) is 0.480. The predicted octanol–water partition coefficient (Wildman–Crippen LogP) is 5.81. The molecule has 2 aromatic rings. The topological polar surface area (TPSA) is 41.1 Å². The van der Waals surface area contributed by atoms with Gasteiger partial charge >= 0.3 is 6.18 Å². The summed E-state index contributed by atoms with van der Waals surface area (Å²) in [4.78, 5) is 12.8. The second-order valence-electron chi connectivity index (χ2n) is 9.88. The summed E-state index contributed by atoms with van der Waals surface area (Å²) in [5.74, 6) is -0.999. The lowest BCUT2D eigenvalue weighted by Gasteiger charge is -2.46. The Morgan fingerprint density at radius 1 is 0.968 bits per heavy atom. The summed E-state index contributed by atoms with van der Waals surface area (Å²) in [5, 5.41) is 6.69. The van der Waals surface area contributed by atoms with Gasteiger partial charge in [-0.15, -0.1) is 0 Å². The first-order chi connectivity index (χ1) is 14.3. The molecule has 1 amide bonds. The average Bonchev–Trinajstić information content (AvgIpc) is 2.64. The summed E-state index contributed by atoms with van der Waals surface area (Å²) in [5.41, 5.74) is 1.42. The molecule has 168 valence electrons. The lowest BCUT2D eigenvalue weighted by Crippen LogP contribution is -2.62. The van der Waals surface area contributed by atoms with Gasteiger partial charge in [-0.2, -0.15) is 13.2 Å². The molecule has 1 atom stereocenters. The van der Waals surface area contributed by atoms with Gasteiger partial charge in [0.2, 0.25) is 0 Å². The third kappa shape index (κ3) is 6.57. The van der Waals surface area contributed by atoms with Gasteiger partial charge < -0.3 is 10.6 Å². The number of carbonyl (C=O) groups excluding carboxylic acids is 1. The van der Waals surface area contributed by atoms with E-state index in [0.29, 0.717) is 16.7 Å². The lowest BCUT2D eigenvalue weighted by atomic mass is 9.79. The number of amides is 1. The minimum atomic E-state index is -4.29. The van der Waals surface area contributed by atoms with Gasteiger partial charge in [0, 0.05) is 28.6 Å². The van der Waals surface area contributed by atoms with Gasteiger partial charge in [-0.1, -0.05) is 42.5 Å². The van der Waals surface area contributed by atoms with E-state index in [0.717, 1.165) is 12.8 Å². The summed E-state index contributed by atoms with van der Waals surface area (Å²) in [6.45, 7) is 8.47. The Hall–Kier alpha value is -2.34. The first-order valence-electron chi connectivity index (χ1n) is 10.7. The van der Waals surface area contributed by atoms with Crippen LogP contribution in [0.25, 0.3) is 0 Å². The van der Waals surface area contributed by atoms with Crippen LogP contribution >= 0.6 is 0 Å². The monoisotopic (exact) mass is 432 g/mol. The van der Waals surface area contributed by atoms with E-state index in [2.05, 4.69) is 38.3 Å². The van der Waals surface area contributed by atoms with Crippen LogP contribution in [0.15, 0.2) is 54.6 Å². The smallest absolute Gasteiger partial charge is 0.349 e. The summed E-state index contributed by atoms with van der Waals surface area (Å²) < 4.78 is 39.6. The molecule has 0 radical (unpaired) electrons. The molecule has 3 nitrogen and oxygen atoms in total. The fourth-order valence-electron chi connectivity index (χ4n) is 4.90. The molecule has 1 heterocycles. The zero-order valence-electron chi connectivity index (χ0n) is 18.5. The number of hydrogen-bond acceptors (Lipinski definition) is 2. The molecule has 0 aliphatic carbocycles. The Morgan fingerprint density at radius 3 is 2.00 bits per heavy atom. The van der Waals surface area contributed by atoms with Crippen LogP contribution in [0.2, 0.25) is 0 Å². The molecule has 0 unspecified atom stereocenters. The van der Waals surface area contributed by atoms with Crippen molar-refractivity contribution in [3.63, 3.8) is 0 Å². The second kappa shape index (κ2) is 8.65. The molecule has 0 bridgehead atoms. The number of carbonyl (C=O) groups is 1. The highest BCUT2D eigenvalue weighted by molar-refractivity contribution is 5.94. The van der Waals surface area contributed by atoms with Crippen molar-refractivity contribution in [3.8, 4) is 0 Å². The van der Waals surface area contributed by atoms with Crippen LogP contribution in [-0.2, 0) is 0 Å². The minimum Gasteiger partial charge on any atom is -0.349 e. The Kier molecular flexibility index (Phi) is 6.51. The van der Waals surface area contributed by atoms with Gasteiger partial charge in [0.25, 0.3) is 5.91 Å². The summed E-state index contributed by atoms with van der Waals surface area (Å²) >= 11 is 0. The van der Waals surface area contributed by atoms with E-state index in [1.165, 1.54) is 0 Å². The highest BCUT2D eigenvalue weighted by Gasteiger charge is 2.38. The van der Waals surface area contributed by atoms with Crippen LogP contribution in [0.4, 0.5) is 13.2 Å². The molecule has 1 aliphatic heterocycles. The van der Waals surface area contributed by atoms with Gasteiger partial charge in [-0.3, -0.25) is 4.79 Å². The molecule has 31 heavy (non-hydrogen) atoms. The summed E-state index contributed by atoms with van der Waals surface area (Å²) in [6.07, 6.45) is -3.61. The summed E-state index contributed by atoms with van der Waals surface area (Å²) in [7, 11) is 0. The van der Waals surface area contributed by atoms with E-state index in [9.17, 15) is 18.0 Å². The van der Waals surface area contributed by atoms with E-state index in [-0.39, 0.29) is 23.0 Å². The number of rotatable bonds is 5. The normalized spacial score (nSPS) is 19.6. The van der Waals surface area contributed by atoms with Gasteiger partial charge in [0.1, 0.15) is 0 Å². The van der Waals surface area contributed by atoms with E-state index in [1.54, 1.807) is 54.6 Å². The fourth-order valence-corrected chi connectivity index (χ4v) is 4.90. The van der Waals surface area contributed by atoms with Crippen LogP contribution in [-0.4, -0.2) is 29.2 Å². The largest absolute Gasteiger partial charge is 0.390 e. The molecule has 3 rings (SSSR count). The number of benzene rings is 2. The highest BCUT2D eigenvalue weighted by atomic mass is 19.4. The van der Waals surface area contributed by atoms with E-state index in [1.807, 2.05) is 0 Å². The van der Waals surface area contributed by atoms with Crippen LogP contribution in [0.5, 0.6) is 0 Å². The first kappa shape index (κ1) is 23.3. The number of halogens is 3. The predicted molar refractivity (Wildman–Crippen MR) is 117 cm³/mol. The first-order valence-corrected chi connectivity index (χ1v) is 10.7. The van der Waals surface area contributed by atoms with Crippen LogP contribution in [0.3, 0.4) is 0 Å². The molecule has 0 spiro atoms. The van der Waals surface area contributed by atoms with Crippen molar-refractivity contribution >= 4 is 5.91 Å². The lowest BCUT2D eigenvalue weighted by molar-refractivity contribution is -0.136. The molecular formula is C25H31F3N2O. The zero-order valence-corrected chi connectivity index (χ0v) is 18.5. The molecular weight excluding hydrogens is 401 g/mol. The minimum absolute atomic E-state index is 0.0284. The van der Waals surface area contributed by atoms with Crippen molar-refractivity contribution in [2.45, 2.75) is 76.2 Å². The molecule has 2 N–H and O–H groups in total. The molecule has 0 aromatic heterocycles. The van der Waals surface area contributed by atoms with Crippen molar-refractivity contribution in [3.05, 3.63) is 71.3 Å². The van der Waals surface area contributed by atoms with Gasteiger partial charge in [-0.05, 0) is 63.8 Å². The third-order valence-corrected chi connectivity index (χ3v) is 5.74.